The van der Waals surface area contributed by atoms with Crippen molar-refractivity contribution in [1.29, 1.82) is 0 Å². The van der Waals surface area contributed by atoms with E-state index < -0.39 is 15.8 Å². The zero-order chi connectivity index (χ0) is 18.7. The molecule has 0 amide bonds. The molecule has 0 atom stereocenters. The second-order valence-corrected chi connectivity index (χ2v) is 8.50. The minimum atomic E-state index is -3.02. The topological polar surface area (TPSA) is 88.4 Å². The van der Waals surface area contributed by atoms with Gasteiger partial charge >= 0.3 is 5.97 Å². The number of rotatable bonds is 7. The Morgan fingerprint density at radius 1 is 1.12 bits per heavy atom. The van der Waals surface area contributed by atoms with Gasteiger partial charge in [0, 0.05) is 35.9 Å². The lowest BCUT2D eigenvalue weighted by atomic mass is 10.2. The van der Waals surface area contributed by atoms with Gasteiger partial charge in [-0.1, -0.05) is 30.3 Å². The average Bonchev–Trinajstić information content (AvgIpc) is 2.93. The van der Waals surface area contributed by atoms with Crippen molar-refractivity contribution < 1.29 is 18.3 Å². The van der Waals surface area contributed by atoms with Crippen molar-refractivity contribution in [3.05, 3.63) is 65.9 Å². The maximum absolute atomic E-state index is 11.6. The Balaban J connectivity index is 1.85. The highest BCUT2D eigenvalue weighted by molar-refractivity contribution is 7.90. The Bertz CT molecular complexity index is 1050. The summed E-state index contributed by atoms with van der Waals surface area (Å²) in [6, 6.07) is 16.8. The summed E-state index contributed by atoms with van der Waals surface area (Å²) >= 11 is 0. The van der Waals surface area contributed by atoms with E-state index in [1.807, 2.05) is 48.5 Å². The summed E-state index contributed by atoms with van der Waals surface area (Å²) in [5.74, 6) is -0.911. The molecule has 2 N–H and O–H groups in total. The van der Waals surface area contributed by atoms with Crippen molar-refractivity contribution in [3.8, 4) is 0 Å². The first-order chi connectivity index (χ1) is 12.3. The maximum Gasteiger partial charge on any atom is 0.352 e. The van der Waals surface area contributed by atoms with Gasteiger partial charge in [-0.05, 0) is 29.8 Å². The van der Waals surface area contributed by atoms with Crippen LogP contribution in [0, 0.1) is 0 Å². The Morgan fingerprint density at radius 2 is 1.88 bits per heavy atom. The monoisotopic (exact) mass is 372 g/mol. The smallest absolute Gasteiger partial charge is 0.352 e. The number of nitrogens with zero attached hydrogens (tertiary/aromatic N) is 1. The van der Waals surface area contributed by atoms with Gasteiger partial charge in [-0.25, -0.2) is 13.2 Å². The largest absolute Gasteiger partial charge is 0.477 e. The lowest BCUT2D eigenvalue weighted by Gasteiger charge is -2.11. The zero-order valence-corrected chi connectivity index (χ0v) is 15.2. The molecule has 0 aliphatic heterocycles. The fraction of sp³-hybridized carbons (Fsp3) is 0.211. The van der Waals surface area contributed by atoms with Crippen LogP contribution in [-0.4, -0.2) is 42.6 Å². The van der Waals surface area contributed by atoms with Crippen molar-refractivity contribution in [2.75, 3.05) is 23.9 Å². The van der Waals surface area contributed by atoms with E-state index in [-0.39, 0.29) is 11.4 Å². The van der Waals surface area contributed by atoms with Crippen LogP contribution in [0.3, 0.4) is 0 Å². The summed E-state index contributed by atoms with van der Waals surface area (Å²) in [6.07, 6.45) is 1.20. The van der Waals surface area contributed by atoms with Gasteiger partial charge < -0.3 is 15.0 Å². The number of fused-ring (bicyclic) bond motifs is 1. The number of carboxylic acids is 1. The molecule has 0 aliphatic rings. The number of benzene rings is 2. The molecule has 0 bridgehead atoms. The summed E-state index contributed by atoms with van der Waals surface area (Å²) in [5.41, 5.74) is 2.83. The lowest BCUT2D eigenvalue weighted by molar-refractivity contribution is 0.0686. The van der Waals surface area contributed by atoms with Gasteiger partial charge in [0.05, 0.1) is 5.75 Å². The standard InChI is InChI=1S/C19H20N2O4S/c1-26(24,25)10-9-20-16-7-4-5-14(11-16)13-21-17-8-3-2-6-15(17)12-18(21)19(22)23/h2-8,11-12,20H,9-10,13H2,1H3,(H,22,23). The molecule has 0 saturated heterocycles. The number of hydrogen-bond donors (Lipinski definition) is 2. The van der Waals surface area contributed by atoms with Crippen molar-refractivity contribution in [2.45, 2.75) is 6.54 Å². The van der Waals surface area contributed by atoms with E-state index in [4.69, 9.17) is 0 Å². The first kappa shape index (κ1) is 18.0. The highest BCUT2D eigenvalue weighted by Gasteiger charge is 2.14. The zero-order valence-electron chi connectivity index (χ0n) is 14.3. The molecule has 0 unspecified atom stereocenters. The molecule has 6 nitrogen and oxygen atoms in total. The first-order valence-corrected chi connectivity index (χ1v) is 10.2. The van der Waals surface area contributed by atoms with Crippen molar-refractivity contribution in [3.63, 3.8) is 0 Å². The fourth-order valence-electron chi connectivity index (χ4n) is 2.90. The summed E-state index contributed by atoms with van der Waals surface area (Å²) in [4.78, 5) is 11.6. The van der Waals surface area contributed by atoms with Crippen molar-refractivity contribution >= 4 is 32.4 Å². The van der Waals surface area contributed by atoms with Gasteiger partial charge in [-0.3, -0.25) is 0 Å². The lowest BCUT2D eigenvalue weighted by Crippen LogP contribution is -2.14. The summed E-state index contributed by atoms with van der Waals surface area (Å²) < 4.78 is 24.2. The SMILES string of the molecule is CS(=O)(=O)CCNc1cccc(Cn2c(C(=O)O)cc3ccccc32)c1. The van der Waals surface area contributed by atoms with Gasteiger partial charge in [0.15, 0.2) is 0 Å². The van der Waals surface area contributed by atoms with Gasteiger partial charge in [-0.15, -0.1) is 0 Å². The number of nitrogens with one attached hydrogen (secondary N) is 1. The normalized spacial score (nSPS) is 11.6. The second-order valence-electron chi connectivity index (χ2n) is 6.24. The molecule has 2 aromatic carbocycles. The molecule has 0 aliphatic carbocycles. The number of aromatic carboxylic acids is 1. The second kappa shape index (κ2) is 7.21. The van der Waals surface area contributed by atoms with Crippen LogP contribution in [0.15, 0.2) is 54.6 Å². The number of para-hydroxylation sites is 1. The molecule has 0 radical (unpaired) electrons. The molecule has 3 rings (SSSR count). The number of hydrogen-bond acceptors (Lipinski definition) is 4. The Labute approximate surface area is 152 Å². The number of carbonyl (C=O) groups is 1. The van der Waals surface area contributed by atoms with Gasteiger partial charge in [-0.2, -0.15) is 0 Å². The van der Waals surface area contributed by atoms with Crippen LogP contribution >= 0.6 is 0 Å². The third-order valence-corrected chi connectivity index (χ3v) is 5.05. The molecule has 1 aromatic heterocycles. The number of sulfone groups is 1. The number of aromatic nitrogens is 1. The third-order valence-electron chi connectivity index (χ3n) is 4.10. The molecule has 0 spiro atoms. The van der Waals surface area contributed by atoms with Crippen LogP contribution < -0.4 is 5.32 Å². The maximum atomic E-state index is 11.6. The van der Waals surface area contributed by atoms with Gasteiger partial charge in [0.2, 0.25) is 0 Å². The third kappa shape index (κ3) is 4.23. The number of carboxylic acid groups (broad SMARTS) is 1. The quantitative estimate of drug-likeness (QED) is 0.666. The molecule has 1 heterocycles. The van der Waals surface area contributed by atoms with Gasteiger partial charge in [0.1, 0.15) is 15.5 Å². The minimum Gasteiger partial charge on any atom is -0.477 e. The Morgan fingerprint density at radius 3 is 2.62 bits per heavy atom. The minimum absolute atomic E-state index is 0.0582. The summed E-state index contributed by atoms with van der Waals surface area (Å²) in [7, 11) is -3.02. The van der Waals surface area contributed by atoms with E-state index in [2.05, 4.69) is 5.32 Å². The number of anilines is 1. The van der Waals surface area contributed by atoms with Gasteiger partial charge in [0.25, 0.3) is 0 Å². The fourth-order valence-corrected chi connectivity index (χ4v) is 3.37. The van der Waals surface area contributed by atoms with E-state index in [0.717, 1.165) is 22.2 Å². The predicted molar refractivity (Wildman–Crippen MR) is 103 cm³/mol. The molecule has 136 valence electrons. The molecule has 3 aromatic rings. The first-order valence-electron chi connectivity index (χ1n) is 8.15. The van der Waals surface area contributed by atoms with Crippen LogP contribution in [-0.2, 0) is 16.4 Å². The Kier molecular flexibility index (Phi) is 4.99. The molecule has 0 fully saturated rings. The molecule has 0 saturated carbocycles. The van der Waals surface area contributed by atoms with Crippen LogP contribution in [0.1, 0.15) is 16.1 Å². The van der Waals surface area contributed by atoms with Crippen molar-refractivity contribution in [1.82, 2.24) is 4.57 Å². The van der Waals surface area contributed by atoms with Crippen LogP contribution in [0.5, 0.6) is 0 Å². The van der Waals surface area contributed by atoms with E-state index >= 15 is 0 Å². The molecule has 7 heteroatoms. The summed E-state index contributed by atoms with van der Waals surface area (Å²) in [6.45, 7) is 0.742. The van der Waals surface area contributed by atoms with Crippen molar-refractivity contribution in [2.24, 2.45) is 0 Å². The average molecular weight is 372 g/mol. The van der Waals surface area contributed by atoms with E-state index in [1.165, 1.54) is 6.26 Å². The van der Waals surface area contributed by atoms with Crippen LogP contribution in [0.25, 0.3) is 10.9 Å². The van der Waals surface area contributed by atoms with E-state index in [9.17, 15) is 18.3 Å². The summed E-state index contributed by atoms with van der Waals surface area (Å²) in [5, 5.41) is 13.5. The van der Waals surface area contributed by atoms with Crippen LogP contribution in [0.4, 0.5) is 5.69 Å². The highest BCUT2D eigenvalue weighted by Crippen LogP contribution is 2.22. The van der Waals surface area contributed by atoms with Crippen LogP contribution in [0.2, 0.25) is 0 Å². The Hall–Kier alpha value is -2.80. The molecular formula is C19H20N2O4S. The predicted octanol–water partition coefficient (Wildman–Crippen LogP) is 2.84. The highest BCUT2D eigenvalue weighted by atomic mass is 32.2. The molecular weight excluding hydrogens is 352 g/mol. The van der Waals surface area contributed by atoms with E-state index in [1.54, 1.807) is 10.6 Å². The van der Waals surface area contributed by atoms with E-state index in [0.29, 0.717) is 13.1 Å². The molecule has 26 heavy (non-hydrogen) atoms.